The van der Waals surface area contributed by atoms with Crippen LogP contribution in [0.5, 0.6) is 17.5 Å². The number of benzene rings is 2. The molecule has 0 amide bonds. The molecule has 4 rings (SSSR count). The standard InChI is InChI=1S/C26H28ClN5O4/c1-35-22-14-11-19(16-21(22)27)29-25-30-24(28-18-6-4-2-3-5-7-18)31-26(32-25)36-20-12-8-17(9-13-20)10-15-23(33)34/h8-16,18H,2-7H2,1H3,(H,33,34)(H2,28,29,30,31,32). The quantitative estimate of drug-likeness (QED) is 0.225. The molecule has 1 aromatic heterocycles. The first-order valence-electron chi connectivity index (χ1n) is 11.8. The fourth-order valence-electron chi connectivity index (χ4n) is 3.92. The molecule has 1 fully saturated rings. The van der Waals surface area contributed by atoms with Crippen molar-refractivity contribution in [2.45, 2.75) is 44.6 Å². The Bertz CT molecular complexity index is 1210. The Hall–Kier alpha value is -3.85. The summed E-state index contributed by atoms with van der Waals surface area (Å²) in [6.07, 6.45) is 9.53. The first kappa shape index (κ1) is 25.2. The van der Waals surface area contributed by atoms with E-state index in [0.717, 1.165) is 24.5 Å². The van der Waals surface area contributed by atoms with Crippen molar-refractivity contribution in [2.24, 2.45) is 0 Å². The van der Waals surface area contributed by atoms with Crippen molar-refractivity contribution in [3.8, 4) is 17.5 Å². The number of carboxylic acids is 1. The van der Waals surface area contributed by atoms with Crippen LogP contribution < -0.4 is 20.1 Å². The average Bonchev–Trinajstić information content (AvgIpc) is 3.12. The zero-order valence-corrected chi connectivity index (χ0v) is 20.7. The van der Waals surface area contributed by atoms with Gasteiger partial charge in [-0.25, -0.2) is 4.79 Å². The van der Waals surface area contributed by atoms with Crippen LogP contribution in [0.15, 0.2) is 48.5 Å². The van der Waals surface area contributed by atoms with Crippen molar-refractivity contribution in [1.82, 2.24) is 15.0 Å². The number of aliphatic carboxylic acids is 1. The topological polar surface area (TPSA) is 118 Å². The van der Waals surface area contributed by atoms with Crippen molar-refractivity contribution >= 4 is 41.2 Å². The van der Waals surface area contributed by atoms with Gasteiger partial charge in [-0.3, -0.25) is 0 Å². The maximum atomic E-state index is 10.7. The number of ether oxygens (including phenoxy) is 2. The molecule has 1 heterocycles. The van der Waals surface area contributed by atoms with Gasteiger partial charge in [-0.05, 0) is 54.8 Å². The number of hydrogen-bond donors (Lipinski definition) is 3. The van der Waals surface area contributed by atoms with E-state index >= 15 is 0 Å². The van der Waals surface area contributed by atoms with Gasteiger partial charge in [0.25, 0.3) is 0 Å². The number of methoxy groups -OCH3 is 1. The van der Waals surface area contributed by atoms with Crippen LogP contribution in [0.4, 0.5) is 17.6 Å². The lowest BCUT2D eigenvalue weighted by Crippen LogP contribution is -2.20. The van der Waals surface area contributed by atoms with Crippen LogP contribution in [0.1, 0.15) is 44.1 Å². The van der Waals surface area contributed by atoms with Crippen LogP contribution in [-0.4, -0.2) is 39.2 Å². The number of carbonyl (C=O) groups is 1. The molecule has 36 heavy (non-hydrogen) atoms. The third-order valence-electron chi connectivity index (χ3n) is 5.72. The number of rotatable bonds is 9. The van der Waals surface area contributed by atoms with Crippen LogP contribution in [0.25, 0.3) is 6.08 Å². The number of nitrogens with one attached hydrogen (secondary N) is 2. The highest BCUT2D eigenvalue weighted by Gasteiger charge is 2.16. The van der Waals surface area contributed by atoms with E-state index < -0.39 is 5.97 Å². The van der Waals surface area contributed by atoms with Crippen molar-refractivity contribution in [2.75, 3.05) is 17.7 Å². The molecule has 9 nitrogen and oxygen atoms in total. The van der Waals surface area contributed by atoms with E-state index in [9.17, 15) is 4.79 Å². The molecule has 1 saturated carbocycles. The molecule has 10 heteroatoms. The lowest BCUT2D eigenvalue weighted by Gasteiger charge is -2.17. The number of nitrogens with zero attached hydrogens (tertiary/aromatic N) is 3. The highest BCUT2D eigenvalue weighted by atomic mass is 35.5. The van der Waals surface area contributed by atoms with E-state index in [0.29, 0.717) is 34.1 Å². The van der Waals surface area contributed by atoms with Crippen molar-refractivity contribution < 1.29 is 19.4 Å². The van der Waals surface area contributed by atoms with Gasteiger partial charge in [0.05, 0.1) is 12.1 Å². The monoisotopic (exact) mass is 509 g/mol. The first-order valence-corrected chi connectivity index (χ1v) is 12.2. The number of halogens is 1. The molecule has 0 bridgehead atoms. The zero-order chi connectivity index (χ0) is 25.3. The Balaban J connectivity index is 1.57. The van der Waals surface area contributed by atoms with Gasteiger partial charge in [-0.15, -0.1) is 0 Å². The zero-order valence-electron chi connectivity index (χ0n) is 19.9. The molecule has 1 aliphatic rings. The molecule has 0 saturated heterocycles. The summed E-state index contributed by atoms with van der Waals surface area (Å²) in [5.41, 5.74) is 1.42. The second-order valence-corrected chi connectivity index (χ2v) is 8.82. The maximum Gasteiger partial charge on any atom is 0.328 e. The Morgan fingerprint density at radius 2 is 1.75 bits per heavy atom. The number of aromatic nitrogens is 3. The van der Waals surface area contributed by atoms with Crippen molar-refractivity contribution in [1.29, 1.82) is 0 Å². The number of anilines is 3. The number of carboxylic acid groups (broad SMARTS) is 1. The van der Waals surface area contributed by atoms with Gasteiger partial charge in [0.1, 0.15) is 11.5 Å². The Morgan fingerprint density at radius 1 is 1.03 bits per heavy atom. The molecule has 0 spiro atoms. The van der Waals surface area contributed by atoms with E-state index in [4.69, 9.17) is 26.2 Å². The van der Waals surface area contributed by atoms with Gasteiger partial charge < -0.3 is 25.2 Å². The van der Waals surface area contributed by atoms with Crippen LogP contribution in [0.2, 0.25) is 5.02 Å². The van der Waals surface area contributed by atoms with Gasteiger partial charge in [0.15, 0.2) is 0 Å². The fourth-order valence-corrected chi connectivity index (χ4v) is 4.18. The van der Waals surface area contributed by atoms with E-state index in [-0.39, 0.29) is 12.1 Å². The summed E-state index contributed by atoms with van der Waals surface area (Å²) in [6, 6.07) is 12.7. The predicted octanol–water partition coefficient (Wildman–Crippen LogP) is 6.30. The van der Waals surface area contributed by atoms with Crippen LogP contribution >= 0.6 is 11.6 Å². The Kier molecular flexibility index (Phi) is 8.57. The average molecular weight is 510 g/mol. The predicted molar refractivity (Wildman–Crippen MR) is 139 cm³/mol. The summed E-state index contributed by atoms with van der Waals surface area (Å²) >= 11 is 6.27. The lowest BCUT2D eigenvalue weighted by molar-refractivity contribution is -0.131. The molecule has 188 valence electrons. The molecular weight excluding hydrogens is 482 g/mol. The highest BCUT2D eigenvalue weighted by Crippen LogP contribution is 2.29. The Morgan fingerprint density at radius 3 is 2.42 bits per heavy atom. The molecule has 3 N–H and O–H groups in total. The summed E-state index contributed by atoms with van der Waals surface area (Å²) in [6.45, 7) is 0. The highest BCUT2D eigenvalue weighted by molar-refractivity contribution is 6.32. The molecule has 3 aromatic rings. The van der Waals surface area contributed by atoms with Crippen LogP contribution in [0, 0.1) is 0 Å². The molecule has 0 aliphatic heterocycles. The smallest absolute Gasteiger partial charge is 0.328 e. The third-order valence-corrected chi connectivity index (χ3v) is 6.01. The van der Waals surface area contributed by atoms with E-state index in [1.807, 2.05) is 6.07 Å². The number of hydrogen-bond acceptors (Lipinski definition) is 8. The van der Waals surface area contributed by atoms with E-state index in [1.165, 1.54) is 31.8 Å². The third kappa shape index (κ3) is 7.32. The normalized spacial score (nSPS) is 14.3. The summed E-state index contributed by atoms with van der Waals surface area (Å²) < 4.78 is 11.1. The molecule has 1 aliphatic carbocycles. The largest absolute Gasteiger partial charge is 0.495 e. The fraction of sp³-hybridized carbons (Fsp3) is 0.308. The maximum absolute atomic E-state index is 10.7. The van der Waals surface area contributed by atoms with Crippen molar-refractivity contribution in [3.63, 3.8) is 0 Å². The summed E-state index contributed by atoms with van der Waals surface area (Å²) in [7, 11) is 1.56. The second kappa shape index (κ2) is 12.2. The Labute approximate surface area is 214 Å². The summed E-state index contributed by atoms with van der Waals surface area (Å²) in [5, 5.41) is 15.9. The van der Waals surface area contributed by atoms with Gasteiger partial charge >= 0.3 is 12.0 Å². The van der Waals surface area contributed by atoms with Gasteiger partial charge in [0.2, 0.25) is 11.9 Å². The lowest BCUT2D eigenvalue weighted by atomic mass is 10.1. The molecule has 0 unspecified atom stereocenters. The molecular formula is C26H28ClN5O4. The second-order valence-electron chi connectivity index (χ2n) is 8.42. The SMILES string of the molecule is COc1ccc(Nc2nc(NC3CCCCCC3)nc(Oc3ccc(C=CC(=O)O)cc3)n2)cc1Cl. The van der Waals surface area contributed by atoms with Crippen molar-refractivity contribution in [3.05, 3.63) is 59.1 Å². The van der Waals surface area contributed by atoms with Crippen LogP contribution in [0.3, 0.4) is 0 Å². The first-order chi connectivity index (χ1) is 17.5. The minimum atomic E-state index is -1.01. The molecule has 0 atom stereocenters. The van der Waals surface area contributed by atoms with Crippen LogP contribution in [-0.2, 0) is 4.79 Å². The molecule has 2 aromatic carbocycles. The van der Waals surface area contributed by atoms with Gasteiger partial charge in [-0.2, -0.15) is 15.0 Å². The van der Waals surface area contributed by atoms with E-state index in [1.54, 1.807) is 43.5 Å². The molecule has 0 radical (unpaired) electrons. The minimum Gasteiger partial charge on any atom is -0.495 e. The summed E-state index contributed by atoms with van der Waals surface area (Å²) in [5.74, 6) is 0.799. The summed E-state index contributed by atoms with van der Waals surface area (Å²) in [4.78, 5) is 24.2. The van der Waals surface area contributed by atoms with Gasteiger partial charge in [0, 0.05) is 17.8 Å². The van der Waals surface area contributed by atoms with Gasteiger partial charge in [-0.1, -0.05) is 49.4 Å². The van der Waals surface area contributed by atoms with E-state index in [2.05, 4.69) is 25.6 Å². The minimum absolute atomic E-state index is 0.122.